The second-order valence-corrected chi connectivity index (χ2v) is 6.80. The number of phenolic OH excluding ortho intramolecular Hbond substituents is 1. The minimum absolute atomic E-state index is 0.370. The summed E-state index contributed by atoms with van der Waals surface area (Å²) in [6.45, 7) is 3.34. The maximum Gasteiger partial charge on any atom is 0.115 e. The van der Waals surface area contributed by atoms with Gasteiger partial charge in [-0.1, -0.05) is 42.5 Å². The molecule has 0 bridgehead atoms. The number of nitrogens with zero attached hydrogens (tertiary/aromatic N) is 1. The molecule has 3 rings (SSSR count). The average Bonchev–Trinajstić information content (AvgIpc) is 2.54. The molecule has 0 aliphatic carbocycles. The van der Waals surface area contributed by atoms with Crippen molar-refractivity contribution in [3.63, 3.8) is 0 Å². The van der Waals surface area contributed by atoms with Crippen LogP contribution in [0, 0.1) is 0 Å². The van der Waals surface area contributed by atoms with Crippen LogP contribution in [-0.4, -0.2) is 35.4 Å². The van der Waals surface area contributed by atoms with E-state index < -0.39 is 0 Å². The highest BCUT2D eigenvalue weighted by Crippen LogP contribution is 2.34. The van der Waals surface area contributed by atoms with E-state index in [0.29, 0.717) is 11.0 Å². The van der Waals surface area contributed by atoms with Gasteiger partial charge in [0.15, 0.2) is 0 Å². The molecule has 0 aromatic heterocycles. The number of rotatable bonds is 4. The molecule has 1 heterocycles. The Morgan fingerprint density at radius 1 is 1.10 bits per heavy atom. The van der Waals surface area contributed by atoms with E-state index in [0.717, 1.165) is 31.8 Å². The molecule has 2 nitrogen and oxygen atoms in total. The summed E-state index contributed by atoms with van der Waals surface area (Å²) in [5.74, 6) is 1.53. The first-order valence-electron chi connectivity index (χ1n) is 7.48. The summed E-state index contributed by atoms with van der Waals surface area (Å²) in [6, 6.07) is 18.4. The third-order valence-corrected chi connectivity index (χ3v) is 5.19. The zero-order chi connectivity index (χ0) is 14.5. The van der Waals surface area contributed by atoms with Gasteiger partial charge < -0.3 is 10.0 Å². The van der Waals surface area contributed by atoms with E-state index >= 15 is 0 Å². The van der Waals surface area contributed by atoms with Gasteiger partial charge in [-0.15, -0.1) is 0 Å². The summed E-state index contributed by atoms with van der Waals surface area (Å²) in [4.78, 5) is 2.54. The molecule has 2 aromatic rings. The highest BCUT2D eigenvalue weighted by Gasteiger charge is 2.21. The zero-order valence-electron chi connectivity index (χ0n) is 12.1. The summed E-state index contributed by atoms with van der Waals surface area (Å²) in [5, 5.41) is 10.1. The lowest BCUT2D eigenvalue weighted by atomic mass is 10.1. The first-order valence-corrected chi connectivity index (χ1v) is 8.53. The van der Waals surface area contributed by atoms with Crippen LogP contribution in [0.1, 0.15) is 16.4 Å². The van der Waals surface area contributed by atoms with Gasteiger partial charge in [-0.3, -0.25) is 0 Å². The Balaban J connectivity index is 1.58. The summed E-state index contributed by atoms with van der Waals surface area (Å²) < 4.78 is 0. The molecule has 110 valence electrons. The number of hydrogen-bond donors (Lipinski definition) is 1. The fourth-order valence-electron chi connectivity index (χ4n) is 2.76. The third kappa shape index (κ3) is 4.02. The molecular formula is C18H21NOS. The second kappa shape index (κ2) is 7.01. The smallest absolute Gasteiger partial charge is 0.115 e. The number of hydrogen-bond acceptors (Lipinski definition) is 3. The molecule has 2 aromatic carbocycles. The van der Waals surface area contributed by atoms with Crippen LogP contribution in [0.3, 0.4) is 0 Å². The molecule has 0 saturated carbocycles. The Morgan fingerprint density at radius 3 is 2.76 bits per heavy atom. The molecule has 3 heteroatoms. The van der Waals surface area contributed by atoms with Gasteiger partial charge in [-0.05, 0) is 29.7 Å². The Bertz CT molecular complexity index is 572. The monoisotopic (exact) mass is 299 g/mol. The summed E-state index contributed by atoms with van der Waals surface area (Å²) in [7, 11) is 0. The summed E-state index contributed by atoms with van der Waals surface area (Å²) >= 11 is 2.00. The van der Waals surface area contributed by atoms with Crippen molar-refractivity contribution in [2.45, 2.75) is 11.7 Å². The van der Waals surface area contributed by atoms with Gasteiger partial charge in [0.1, 0.15) is 5.75 Å². The van der Waals surface area contributed by atoms with Gasteiger partial charge in [-0.2, -0.15) is 11.8 Å². The number of phenols is 1. The van der Waals surface area contributed by atoms with Crippen molar-refractivity contribution in [2.24, 2.45) is 0 Å². The van der Waals surface area contributed by atoms with Gasteiger partial charge in [0.05, 0.1) is 0 Å². The van der Waals surface area contributed by atoms with Crippen molar-refractivity contribution in [3.05, 3.63) is 65.7 Å². The fraction of sp³-hybridized carbons (Fsp3) is 0.333. The molecule has 1 aliphatic rings. The minimum Gasteiger partial charge on any atom is -0.508 e. The Hall–Kier alpha value is -1.45. The number of benzene rings is 2. The van der Waals surface area contributed by atoms with Crippen LogP contribution < -0.4 is 0 Å². The molecule has 1 unspecified atom stereocenters. The first-order chi connectivity index (χ1) is 10.3. The number of thioether (sulfide) groups is 1. The van der Waals surface area contributed by atoms with E-state index in [1.807, 2.05) is 23.9 Å². The largest absolute Gasteiger partial charge is 0.508 e. The van der Waals surface area contributed by atoms with Gasteiger partial charge in [0.25, 0.3) is 0 Å². The first kappa shape index (κ1) is 14.5. The Morgan fingerprint density at radius 2 is 1.95 bits per heavy atom. The predicted octanol–water partition coefficient (Wildman–Crippen LogP) is 3.72. The lowest BCUT2D eigenvalue weighted by molar-refractivity contribution is 0.287. The molecule has 0 amide bonds. The van der Waals surface area contributed by atoms with Crippen molar-refractivity contribution in [1.29, 1.82) is 0 Å². The van der Waals surface area contributed by atoms with Crippen molar-refractivity contribution in [2.75, 3.05) is 25.4 Å². The van der Waals surface area contributed by atoms with Gasteiger partial charge in [0.2, 0.25) is 0 Å². The van der Waals surface area contributed by atoms with Crippen LogP contribution in [0.5, 0.6) is 5.75 Å². The maximum atomic E-state index is 9.64. The van der Waals surface area contributed by atoms with Crippen LogP contribution in [0.2, 0.25) is 0 Å². The van der Waals surface area contributed by atoms with E-state index in [-0.39, 0.29) is 0 Å². The average molecular weight is 299 g/mol. The van der Waals surface area contributed by atoms with Crippen molar-refractivity contribution < 1.29 is 5.11 Å². The molecule has 1 atom stereocenters. The molecular weight excluding hydrogens is 278 g/mol. The van der Waals surface area contributed by atoms with E-state index in [1.54, 1.807) is 6.07 Å². The Kier molecular flexibility index (Phi) is 4.84. The zero-order valence-corrected chi connectivity index (χ0v) is 12.9. The van der Waals surface area contributed by atoms with E-state index in [4.69, 9.17) is 0 Å². The topological polar surface area (TPSA) is 23.5 Å². The molecule has 1 fully saturated rings. The molecule has 1 saturated heterocycles. The van der Waals surface area contributed by atoms with Crippen molar-refractivity contribution in [3.8, 4) is 5.75 Å². The summed E-state index contributed by atoms with van der Waals surface area (Å²) in [6.07, 6.45) is 1.11. The van der Waals surface area contributed by atoms with Gasteiger partial charge in [-0.25, -0.2) is 0 Å². The van der Waals surface area contributed by atoms with E-state index in [9.17, 15) is 5.11 Å². The molecule has 0 radical (unpaired) electrons. The highest BCUT2D eigenvalue weighted by atomic mass is 32.2. The SMILES string of the molecule is Oc1cccc(C2CN(CCc3ccccc3)CCS2)c1. The highest BCUT2D eigenvalue weighted by molar-refractivity contribution is 7.99. The quantitative estimate of drug-likeness (QED) is 0.930. The van der Waals surface area contributed by atoms with Gasteiger partial charge in [0, 0.05) is 30.6 Å². The van der Waals surface area contributed by atoms with E-state index in [2.05, 4.69) is 41.3 Å². The molecule has 21 heavy (non-hydrogen) atoms. The van der Waals surface area contributed by atoms with Crippen LogP contribution in [0.15, 0.2) is 54.6 Å². The Labute approximate surface area is 130 Å². The minimum atomic E-state index is 0.370. The lowest BCUT2D eigenvalue weighted by Crippen LogP contribution is -2.35. The van der Waals surface area contributed by atoms with Crippen molar-refractivity contribution in [1.82, 2.24) is 4.90 Å². The molecule has 1 N–H and O–H groups in total. The van der Waals surface area contributed by atoms with Crippen LogP contribution >= 0.6 is 11.8 Å². The predicted molar refractivity (Wildman–Crippen MR) is 89.9 cm³/mol. The van der Waals surface area contributed by atoms with Crippen LogP contribution in [-0.2, 0) is 6.42 Å². The van der Waals surface area contributed by atoms with Crippen LogP contribution in [0.4, 0.5) is 0 Å². The van der Waals surface area contributed by atoms with Crippen molar-refractivity contribution >= 4 is 11.8 Å². The summed E-state index contributed by atoms with van der Waals surface area (Å²) in [5.41, 5.74) is 2.65. The van der Waals surface area contributed by atoms with Crippen LogP contribution in [0.25, 0.3) is 0 Å². The van der Waals surface area contributed by atoms with E-state index in [1.165, 1.54) is 11.1 Å². The normalized spacial score (nSPS) is 19.5. The lowest BCUT2D eigenvalue weighted by Gasteiger charge is -2.32. The molecule has 0 spiro atoms. The maximum absolute atomic E-state index is 9.64. The fourth-order valence-corrected chi connectivity index (χ4v) is 4.07. The standard InChI is InChI=1S/C18H21NOS/c20-17-8-4-7-16(13-17)18-14-19(11-12-21-18)10-9-15-5-2-1-3-6-15/h1-8,13,18,20H,9-12,14H2. The third-order valence-electron chi connectivity index (χ3n) is 3.95. The number of aromatic hydroxyl groups is 1. The second-order valence-electron chi connectivity index (χ2n) is 5.49. The molecule has 1 aliphatic heterocycles. The van der Waals surface area contributed by atoms with Gasteiger partial charge >= 0.3 is 0 Å².